The Labute approximate surface area is 193 Å². The van der Waals surface area contributed by atoms with Gasteiger partial charge >= 0.3 is 6.18 Å². The number of furan rings is 1. The van der Waals surface area contributed by atoms with Gasteiger partial charge in [0.1, 0.15) is 11.5 Å². The molecule has 6 heteroatoms. The number of hydrogen-bond donors (Lipinski definition) is 1. The average molecular weight is 459 g/mol. The second kappa shape index (κ2) is 7.62. The summed E-state index contributed by atoms with van der Waals surface area (Å²) < 4.78 is 45.9. The normalized spacial score (nSPS) is 18.0. The van der Waals surface area contributed by atoms with Crippen LogP contribution in [0.4, 0.5) is 18.9 Å². The Bertz CT molecular complexity index is 1480. The number of halogens is 3. The van der Waals surface area contributed by atoms with Crippen LogP contribution in [0.15, 0.2) is 88.5 Å². The number of anilines is 1. The fourth-order valence-corrected chi connectivity index (χ4v) is 5.15. The lowest BCUT2D eigenvalue weighted by Gasteiger charge is -2.33. The van der Waals surface area contributed by atoms with E-state index in [9.17, 15) is 18.0 Å². The molecule has 0 radical (unpaired) electrons. The highest BCUT2D eigenvalue weighted by atomic mass is 19.4. The zero-order valence-corrected chi connectivity index (χ0v) is 18.1. The van der Waals surface area contributed by atoms with Gasteiger partial charge in [0.25, 0.3) is 0 Å². The van der Waals surface area contributed by atoms with Crippen LogP contribution in [0.3, 0.4) is 0 Å². The molecule has 0 amide bonds. The lowest BCUT2D eigenvalue weighted by Crippen LogP contribution is -2.26. The van der Waals surface area contributed by atoms with E-state index >= 15 is 0 Å². The van der Waals surface area contributed by atoms with Crippen molar-refractivity contribution < 1.29 is 22.4 Å². The molecular weight excluding hydrogens is 439 g/mol. The summed E-state index contributed by atoms with van der Waals surface area (Å²) in [5, 5.41) is 5.54. The third-order valence-corrected chi connectivity index (χ3v) is 6.68. The number of nitrogens with one attached hydrogen (secondary N) is 1. The van der Waals surface area contributed by atoms with Gasteiger partial charge < -0.3 is 9.73 Å². The lowest BCUT2D eigenvalue weighted by molar-refractivity contribution is -0.137. The van der Waals surface area contributed by atoms with Gasteiger partial charge in [-0.1, -0.05) is 42.5 Å². The Morgan fingerprint density at radius 1 is 0.912 bits per heavy atom. The summed E-state index contributed by atoms with van der Waals surface area (Å²) in [7, 11) is 0. The minimum atomic E-state index is -4.44. The van der Waals surface area contributed by atoms with Gasteiger partial charge in [-0.2, -0.15) is 13.2 Å². The van der Waals surface area contributed by atoms with E-state index < -0.39 is 17.7 Å². The number of carbonyl (C=O) groups is 1. The van der Waals surface area contributed by atoms with Gasteiger partial charge in [0.2, 0.25) is 0 Å². The van der Waals surface area contributed by atoms with E-state index in [2.05, 4.69) is 5.32 Å². The first-order valence-electron chi connectivity index (χ1n) is 11.2. The quantitative estimate of drug-likeness (QED) is 0.334. The molecule has 170 valence electrons. The smallest absolute Gasteiger partial charge is 0.416 e. The minimum Gasteiger partial charge on any atom is -0.460 e. The molecule has 1 N–H and O–H groups in total. The number of carbonyl (C=O) groups excluding carboxylic acids is 1. The van der Waals surface area contributed by atoms with E-state index in [-0.39, 0.29) is 5.78 Å². The molecule has 0 fully saturated rings. The van der Waals surface area contributed by atoms with Crippen LogP contribution < -0.4 is 5.32 Å². The van der Waals surface area contributed by atoms with Crippen LogP contribution in [-0.2, 0) is 11.0 Å². The van der Waals surface area contributed by atoms with Crippen molar-refractivity contribution in [2.45, 2.75) is 31.4 Å². The zero-order valence-electron chi connectivity index (χ0n) is 18.1. The van der Waals surface area contributed by atoms with Gasteiger partial charge in [-0.05, 0) is 59.5 Å². The molecule has 1 unspecified atom stereocenters. The second-order valence-electron chi connectivity index (χ2n) is 8.76. The maximum Gasteiger partial charge on any atom is 0.416 e. The Morgan fingerprint density at radius 3 is 2.62 bits per heavy atom. The highest BCUT2D eigenvalue weighted by Crippen LogP contribution is 2.48. The molecule has 1 atom stereocenters. The van der Waals surface area contributed by atoms with Crippen LogP contribution >= 0.6 is 0 Å². The van der Waals surface area contributed by atoms with Crippen molar-refractivity contribution in [1.29, 1.82) is 0 Å². The molecule has 1 aliphatic carbocycles. The third-order valence-electron chi connectivity index (χ3n) is 6.68. The molecule has 4 aromatic rings. The van der Waals surface area contributed by atoms with Crippen molar-refractivity contribution in [1.82, 2.24) is 0 Å². The lowest BCUT2D eigenvalue weighted by atomic mass is 9.76. The maximum atomic E-state index is 13.2. The van der Waals surface area contributed by atoms with Gasteiger partial charge in [-0.3, -0.25) is 4.79 Å². The van der Waals surface area contributed by atoms with Gasteiger partial charge in [0.15, 0.2) is 5.78 Å². The summed E-state index contributed by atoms with van der Waals surface area (Å²) in [4.78, 5) is 13.1. The summed E-state index contributed by atoms with van der Waals surface area (Å²) in [5.41, 5.74) is 3.10. The van der Waals surface area contributed by atoms with E-state index in [1.807, 2.05) is 36.4 Å². The number of alkyl halides is 3. The van der Waals surface area contributed by atoms with Crippen LogP contribution in [0.5, 0.6) is 0 Å². The largest absolute Gasteiger partial charge is 0.460 e. The van der Waals surface area contributed by atoms with Crippen molar-refractivity contribution in [3.8, 4) is 11.3 Å². The van der Waals surface area contributed by atoms with Crippen LogP contribution in [0.2, 0.25) is 0 Å². The van der Waals surface area contributed by atoms with Gasteiger partial charge in [-0.15, -0.1) is 0 Å². The standard InChI is InChI=1S/C28H20F3NO2/c29-28(30,31)18-7-3-6-17(15-18)23-13-14-24(34-23)27-25-19-8-2-1-5-16(19)11-12-21(25)32-20-9-4-10-22(33)26(20)27/h1-3,5-8,11-15,27,32H,4,9-10H2. The molecule has 34 heavy (non-hydrogen) atoms. The number of allylic oxidation sites excluding steroid dienone is 2. The molecule has 3 aromatic carbocycles. The fourth-order valence-electron chi connectivity index (χ4n) is 5.15. The number of Topliss-reactive ketones (excluding diaryl/α,β-unsaturated/α-hetero) is 1. The third kappa shape index (κ3) is 3.33. The van der Waals surface area contributed by atoms with E-state index in [4.69, 9.17) is 4.42 Å². The first-order chi connectivity index (χ1) is 16.4. The number of benzene rings is 3. The average Bonchev–Trinajstić information content (AvgIpc) is 3.32. The van der Waals surface area contributed by atoms with Gasteiger partial charge in [0.05, 0.1) is 11.5 Å². The van der Waals surface area contributed by atoms with E-state index in [0.717, 1.165) is 52.7 Å². The molecule has 3 nitrogen and oxygen atoms in total. The van der Waals surface area contributed by atoms with E-state index in [1.165, 1.54) is 6.07 Å². The molecule has 0 bridgehead atoms. The first kappa shape index (κ1) is 20.8. The highest BCUT2D eigenvalue weighted by molar-refractivity contribution is 6.03. The van der Waals surface area contributed by atoms with Crippen LogP contribution in [-0.4, -0.2) is 5.78 Å². The van der Waals surface area contributed by atoms with Crippen molar-refractivity contribution in [2.75, 3.05) is 5.32 Å². The highest BCUT2D eigenvalue weighted by Gasteiger charge is 2.38. The second-order valence-corrected chi connectivity index (χ2v) is 8.76. The zero-order chi connectivity index (χ0) is 23.4. The molecule has 0 spiro atoms. The van der Waals surface area contributed by atoms with Crippen LogP contribution in [0.25, 0.3) is 22.1 Å². The Hall–Kier alpha value is -3.80. The Morgan fingerprint density at radius 2 is 1.76 bits per heavy atom. The summed E-state index contributed by atoms with van der Waals surface area (Å²) in [6, 6.07) is 20.6. The molecule has 2 heterocycles. The Kier molecular flexibility index (Phi) is 4.66. The molecule has 6 rings (SSSR count). The molecule has 0 saturated heterocycles. The monoisotopic (exact) mass is 459 g/mol. The molecule has 2 aliphatic rings. The van der Waals surface area contributed by atoms with E-state index in [0.29, 0.717) is 29.1 Å². The number of fused-ring (bicyclic) bond motifs is 3. The van der Waals surface area contributed by atoms with Crippen molar-refractivity contribution in [2.24, 2.45) is 0 Å². The maximum absolute atomic E-state index is 13.2. The number of ketones is 1. The minimum absolute atomic E-state index is 0.0781. The Balaban J connectivity index is 1.53. The summed E-state index contributed by atoms with van der Waals surface area (Å²) in [6.07, 6.45) is -2.41. The fraction of sp³-hybridized carbons (Fsp3) is 0.179. The molecular formula is C28H20F3NO2. The summed E-state index contributed by atoms with van der Waals surface area (Å²) >= 11 is 0. The molecule has 1 aromatic heterocycles. The van der Waals surface area contributed by atoms with Crippen LogP contribution in [0.1, 0.15) is 42.1 Å². The van der Waals surface area contributed by atoms with Crippen molar-refractivity contribution in [3.05, 3.63) is 101 Å². The number of rotatable bonds is 2. The SMILES string of the molecule is O=C1CCCC2=C1C(c1ccc(-c3cccc(C(F)(F)F)c3)o1)c1c(ccc3ccccc13)N2. The van der Waals surface area contributed by atoms with Crippen molar-refractivity contribution in [3.63, 3.8) is 0 Å². The molecule has 1 aliphatic heterocycles. The van der Waals surface area contributed by atoms with Gasteiger partial charge in [-0.25, -0.2) is 0 Å². The van der Waals surface area contributed by atoms with Gasteiger partial charge in [0, 0.05) is 28.9 Å². The van der Waals surface area contributed by atoms with Crippen molar-refractivity contribution >= 4 is 22.2 Å². The number of hydrogen-bond acceptors (Lipinski definition) is 3. The molecule has 0 saturated carbocycles. The summed E-state index contributed by atoms with van der Waals surface area (Å²) in [6.45, 7) is 0. The predicted molar refractivity (Wildman–Crippen MR) is 124 cm³/mol. The van der Waals surface area contributed by atoms with E-state index in [1.54, 1.807) is 18.2 Å². The summed E-state index contributed by atoms with van der Waals surface area (Å²) in [5.74, 6) is 0.542. The topological polar surface area (TPSA) is 42.2 Å². The predicted octanol–water partition coefficient (Wildman–Crippen LogP) is 7.68. The first-order valence-corrected chi connectivity index (χ1v) is 11.2. The van der Waals surface area contributed by atoms with Crippen LogP contribution in [0, 0.1) is 0 Å².